The minimum atomic E-state index is -0.00641. The number of aryl methyl sites for hydroxylation is 1. The second kappa shape index (κ2) is 5.53. The summed E-state index contributed by atoms with van der Waals surface area (Å²) in [6.45, 7) is 2.64. The van der Waals surface area contributed by atoms with Gasteiger partial charge in [0.15, 0.2) is 5.76 Å². The lowest BCUT2D eigenvalue weighted by Gasteiger charge is -2.22. The van der Waals surface area contributed by atoms with Crippen LogP contribution in [0, 0.1) is 6.92 Å². The van der Waals surface area contributed by atoms with Gasteiger partial charge in [-0.1, -0.05) is 17.3 Å². The lowest BCUT2D eigenvalue weighted by Crippen LogP contribution is -2.32. The van der Waals surface area contributed by atoms with E-state index in [1.54, 1.807) is 0 Å². The van der Waals surface area contributed by atoms with Gasteiger partial charge in [-0.05, 0) is 31.9 Å². The number of hydrogen-bond acceptors (Lipinski definition) is 4. The fraction of sp³-hybridized carbons (Fsp3) is 0.353. The fourth-order valence-corrected chi connectivity index (χ4v) is 3.24. The van der Waals surface area contributed by atoms with E-state index in [1.165, 1.54) is 0 Å². The molecule has 3 heterocycles. The monoisotopic (exact) mass is 310 g/mol. The minimum absolute atomic E-state index is 0.00641. The molecule has 1 N–H and O–H groups in total. The first kappa shape index (κ1) is 14.0. The van der Waals surface area contributed by atoms with Crippen LogP contribution in [0.25, 0.3) is 11.0 Å². The van der Waals surface area contributed by atoms with Crippen LogP contribution in [-0.4, -0.2) is 32.5 Å². The Hall–Kier alpha value is -2.63. The summed E-state index contributed by atoms with van der Waals surface area (Å²) in [5.74, 6) is 1.55. The Morgan fingerprint density at radius 1 is 1.43 bits per heavy atom. The highest BCUT2D eigenvalue weighted by atomic mass is 16.5. The van der Waals surface area contributed by atoms with Crippen LogP contribution < -0.4 is 0 Å². The summed E-state index contributed by atoms with van der Waals surface area (Å²) in [5, 5.41) is 3.94. The molecule has 3 aromatic rings. The number of likely N-dealkylation sites (tertiary alicyclic amines) is 1. The van der Waals surface area contributed by atoms with Gasteiger partial charge in [-0.3, -0.25) is 4.79 Å². The van der Waals surface area contributed by atoms with Crippen LogP contribution in [0.5, 0.6) is 0 Å². The van der Waals surface area contributed by atoms with Crippen LogP contribution in [0.3, 0.4) is 0 Å². The maximum absolute atomic E-state index is 12.7. The zero-order valence-corrected chi connectivity index (χ0v) is 13.0. The second-order valence-corrected chi connectivity index (χ2v) is 5.99. The number of nitrogens with zero attached hydrogens (tertiary/aromatic N) is 3. The standard InChI is InChI=1S/C17H18N4O2/c1-11-9-15(23-20-11)14-7-4-8-21(14)17(22)10-16-18-12-5-2-3-6-13(12)19-16/h2-3,5-6,9,14H,4,7-8,10H2,1H3,(H,18,19)/t14-/m0/s1. The topological polar surface area (TPSA) is 75.0 Å². The summed E-state index contributed by atoms with van der Waals surface area (Å²) in [7, 11) is 0. The Kier molecular flexibility index (Phi) is 3.37. The normalized spacial score (nSPS) is 18.0. The molecular formula is C17H18N4O2. The van der Waals surface area contributed by atoms with Gasteiger partial charge < -0.3 is 14.4 Å². The molecule has 1 amide bonds. The average Bonchev–Trinajstić information content (AvgIpc) is 3.24. The summed E-state index contributed by atoms with van der Waals surface area (Å²) in [6, 6.07) is 9.71. The van der Waals surface area contributed by atoms with Gasteiger partial charge in [0.25, 0.3) is 0 Å². The highest BCUT2D eigenvalue weighted by molar-refractivity contribution is 5.81. The van der Waals surface area contributed by atoms with Crippen LogP contribution in [0.2, 0.25) is 0 Å². The van der Waals surface area contributed by atoms with Crippen LogP contribution in [0.1, 0.15) is 36.2 Å². The molecule has 1 aliphatic heterocycles. The molecule has 0 unspecified atom stereocenters. The maximum Gasteiger partial charge on any atom is 0.230 e. The molecular weight excluding hydrogens is 292 g/mol. The summed E-state index contributed by atoms with van der Waals surface area (Å²) < 4.78 is 5.36. The third-order valence-corrected chi connectivity index (χ3v) is 4.30. The van der Waals surface area contributed by atoms with Crippen molar-refractivity contribution in [2.45, 2.75) is 32.2 Å². The highest BCUT2D eigenvalue weighted by Crippen LogP contribution is 2.32. The van der Waals surface area contributed by atoms with Crippen LogP contribution in [-0.2, 0) is 11.2 Å². The molecule has 23 heavy (non-hydrogen) atoms. The molecule has 4 rings (SSSR count). The predicted molar refractivity (Wildman–Crippen MR) is 84.7 cm³/mol. The smallest absolute Gasteiger partial charge is 0.230 e. The lowest BCUT2D eigenvalue weighted by molar-refractivity contribution is -0.131. The van der Waals surface area contributed by atoms with Gasteiger partial charge in [-0.15, -0.1) is 0 Å². The number of H-pyrrole nitrogens is 1. The summed E-state index contributed by atoms with van der Waals surface area (Å²) in [6.07, 6.45) is 2.18. The summed E-state index contributed by atoms with van der Waals surface area (Å²) in [4.78, 5) is 22.3. The SMILES string of the molecule is Cc1cc([C@@H]2CCCN2C(=O)Cc2nc3ccccc3[nH]2)on1. The number of nitrogens with one attached hydrogen (secondary N) is 1. The number of hydrogen-bond donors (Lipinski definition) is 1. The predicted octanol–water partition coefficient (Wildman–Crippen LogP) is 2.77. The number of amides is 1. The molecule has 1 atom stereocenters. The zero-order chi connectivity index (χ0) is 15.8. The van der Waals surface area contributed by atoms with E-state index in [9.17, 15) is 4.79 Å². The summed E-state index contributed by atoms with van der Waals surface area (Å²) >= 11 is 0. The van der Waals surface area contributed by atoms with Gasteiger partial charge in [-0.2, -0.15) is 0 Å². The van der Waals surface area contributed by atoms with Crippen molar-refractivity contribution in [1.29, 1.82) is 0 Å². The largest absolute Gasteiger partial charge is 0.359 e. The Morgan fingerprint density at radius 2 is 2.30 bits per heavy atom. The van der Waals surface area contributed by atoms with Crippen molar-refractivity contribution in [3.05, 3.63) is 47.6 Å². The Balaban J connectivity index is 1.53. The Morgan fingerprint density at radius 3 is 3.09 bits per heavy atom. The van der Waals surface area contributed by atoms with Gasteiger partial charge in [0.2, 0.25) is 5.91 Å². The van der Waals surface area contributed by atoms with Gasteiger partial charge in [0.1, 0.15) is 5.82 Å². The first-order valence-electron chi connectivity index (χ1n) is 7.87. The molecule has 1 fully saturated rings. The van der Waals surface area contributed by atoms with E-state index in [4.69, 9.17) is 4.52 Å². The van der Waals surface area contributed by atoms with Gasteiger partial charge >= 0.3 is 0 Å². The number of carbonyl (C=O) groups excluding carboxylic acids is 1. The summed E-state index contributed by atoms with van der Waals surface area (Å²) in [5.41, 5.74) is 2.69. The Labute approximate surface area is 133 Å². The van der Waals surface area contributed by atoms with E-state index in [1.807, 2.05) is 42.2 Å². The Bertz CT molecular complexity index is 818. The molecule has 0 aliphatic carbocycles. The molecule has 0 radical (unpaired) electrons. The number of para-hydroxylation sites is 2. The third-order valence-electron chi connectivity index (χ3n) is 4.30. The molecule has 6 nitrogen and oxygen atoms in total. The van der Waals surface area contributed by atoms with Crippen molar-refractivity contribution in [3.8, 4) is 0 Å². The molecule has 2 aromatic heterocycles. The molecule has 6 heteroatoms. The number of rotatable bonds is 3. The fourth-order valence-electron chi connectivity index (χ4n) is 3.24. The quantitative estimate of drug-likeness (QED) is 0.807. The van der Waals surface area contributed by atoms with Crippen molar-refractivity contribution in [2.75, 3.05) is 6.54 Å². The first-order chi connectivity index (χ1) is 11.2. The van der Waals surface area contributed by atoms with Gasteiger partial charge in [0.05, 0.1) is 29.2 Å². The van der Waals surface area contributed by atoms with Crippen molar-refractivity contribution >= 4 is 16.9 Å². The zero-order valence-electron chi connectivity index (χ0n) is 13.0. The number of carbonyl (C=O) groups is 1. The van der Waals surface area contributed by atoms with Crippen molar-refractivity contribution < 1.29 is 9.32 Å². The lowest BCUT2D eigenvalue weighted by atomic mass is 10.1. The third kappa shape index (κ3) is 2.60. The van der Waals surface area contributed by atoms with Crippen LogP contribution in [0.4, 0.5) is 0 Å². The van der Waals surface area contributed by atoms with E-state index in [0.29, 0.717) is 5.82 Å². The van der Waals surface area contributed by atoms with E-state index < -0.39 is 0 Å². The van der Waals surface area contributed by atoms with Crippen molar-refractivity contribution in [3.63, 3.8) is 0 Å². The van der Waals surface area contributed by atoms with Crippen molar-refractivity contribution in [1.82, 2.24) is 20.0 Å². The van der Waals surface area contributed by atoms with E-state index in [2.05, 4.69) is 15.1 Å². The first-order valence-corrected chi connectivity index (χ1v) is 7.87. The maximum atomic E-state index is 12.7. The molecule has 0 saturated carbocycles. The number of aromatic amines is 1. The molecule has 0 spiro atoms. The van der Waals surface area contributed by atoms with Crippen LogP contribution in [0.15, 0.2) is 34.9 Å². The van der Waals surface area contributed by atoms with Crippen molar-refractivity contribution in [2.24, 2.45) is 0 Å². The number of imidazole rings is 1. The molecule has 1 aliphatic rings. The average molecular weight is 310 g/mol. The van der Waals surface area contributed by atoms with Gasteiger partial charge in [-0.25, -0.2) is 4.98 Å². The second-order valence-electron chi connectivity index (χ2n) is 5.99. The minimum Gasteiger partial charge on any atom is -0.359 e. The molecule has 1 saturated heterocycles. The van der Waals surface area contributed by atoms with E-state index in [-0.39, 0.29) is 18.4 Å². The van der Waals surface area contributed by atoms with Crippen LogP contribution >= 0.6 is 0 Å². The molecule has 0 bridgehead atoms. The number of benzene rings is 1. The number of aromatic nitrogens is 3. The highest BCUT2D eigenvalue weighted by Gasteiger charge is 2.32. The van der Waals surface area contributed by atoms with E-state index in [0.717, 1.165) is 41.9 Å². The molecule has 1 aromatic carbocycles. The van der Waals surface area contributed by atoms with E-state index >= 15 is 0 Å². The van der Waals surface area contributed by atoms with Gasteiger partial charge in [0, 0.05) is 12.6 Å². The number of fused-ring (bicyclic) bond motifs is 1. The molecule has 118 valence electrons.